The summed E-state index contributed by atoms with van der Waals surface area (Å²) in [5.41, 5.74) is 0.737. The number of carbonyl (C=O) groups excluding carboxylic acids is 1. The van der Waals surface area contributed by atoms with E-state index in [4.69, 9.17) is 27.9 Å². The first-order chi connectivity index (χ1) is 7.54. The molecular formula is C12H12Cl2O2. The van der Waals surface area contributed by atoms with Gasteiger partial charge in [-0.1, -0.05) is 35.3 Å². The Morgan fingerprint density at radius 1 is 1.56 bits per heavy atom. The molecule has 1 aromatic carbocycles. The van der Waals surface area contributed by atoms with Crippen molar-refractivity contribution in [3.63, 3.8) is 0 Å². The Hall–Kier alpha value is -0.990. The van der Waals surface area contributed by atoms with Crippen molar-refractivity contribution >= 4 is 29.2 Å². The van der Waals surface area contributed by atoms with E-state index >= 15 is 0 Å². The van der Waals surface area contributed by atoms with Gasteiger partial charge in [0.25, 0.3) is 0 Å². The SMILES string of the molecule is C=CCC(OC(C)=O)c1ccc(Cl)cc1Cl. The predicted octanol–water partition coefficient (Wildman–Crippen LogP) is 4.17. The van der Waals surface area contributed by atoms with E-state index in [2.05, 4.69) is 6.58 Å². The van der Waals surface area contributed by atoms with Crippen molar-refractivity contribution in [3.05, 3.63) is 46.5 Å². The van der Waals surface area contributed by atoms with Gasteiger partial charge in [0, 0.05) is 29.0 Å². The normalized spacial score (nSPS) is 11.9. The second-order valence-electron chi connectivity index (χ2n) is 3.29. The van der Waals surface area contributed by atoms with Crippen LogP contribution in [0.1, 0.15) is 25.0 Å². The number of benzene rings is 1. The van der Waals surface area contributed by atoms with Crippen LogP contribution in [0.15, 0.2) is 30.9 Å². The van der Waals surface area contributed by atoms with Gasteiger partial charge in [-0.25, -0.2) is 0 Å². The maximum Gasteiger partial charge on any atom is 0.303 e. The van der Waals surface area contributed by atoms with Crippen LogP contribution in [0.25, 0.3) is 0 Å². The van der Waals surface area contributed by atoms with E-state index in [1.54, 1.807) is 24.3 Å². The zero-order valence-corrected chi connectivity index (χ0v) is 10.4. The minimum Gasteiger partial charge on any atom is -0.457 e. The zero-order chi connectivity index (χ0) is 12.1. The maximum atomic E-state index is 11.0. The van der Waals surface area contributed by atoms with Crippen LogP contribution >= 0.6 is 23.2 Å². The minimum atomic E-state index is -0.403. The van der Waals surface area contributed by atoms with Gasteiger partial charge in [-0.2, -0.15) is 0 Å². The van der Waals surface area contributed by atoms with E-state index in [9.17, 15) is 4.79 Å². The maximum absolute atomic E-state index is 11.0. The fourth-order valence-electron chi connectivity index (χ4n) is 1.35. The average Bonchev–Trinajstić information content (AvgIpc) is 2.16. The summed E-state index contributed by atoms with van der Waals surface area (Å²) in [6, 6.07) is 5.09. The van der Waals surface area contributed by atoms with Crippen molar-refractivity contribution in [2.45, 2.75) is 19.4 Å². The number of halogens is 2. The highest BCUT2D eigenvalue weighted by Crippen LogP contribution is 2.30. The van der Waals surface area contributed by atoms with E-state index < -0.39 is 6.10 Å². The van der Waals surface area contributed by atoms with E-state index in [1.807, 2.05) is 0 Å². The summed E-state index contributed by atoms with van der Waals surface area (Å²) in [5.74, 6) is -0.349. The summed E-state index contributed by atoms with van der Waals surface area (Å²) in [4.78, 5) is 11.0. The molecule has 0 saturated carbocycles. The van der Waals surface area contributed by atoms with Crippen molar-refractivity contribution in [1.82, 2.24) is 0 Å². The Bertz CT molecular complexity index is 402. The van der Waals surface area contributed by atoms with Crippen LogP contribution in [0, 0.1) is 0 Å². The van der Waals surface area contributed by atoms with E-state index in [0.717, 1.165) is 5.56 Å². The third-order valence-electron chi connectivity index (χ3n) is 2.00. The molecule has 0 bridgehead atoms. The molecule has 0 spiro atoms. The van der Waals surface area contributed by atoms with Gasteiger partial charge in [0.05, 0.1) is 0 Å². The van der Waals surface area contributed by atoms with Gasteiger partial charge < -0.3 is 4.74 Å². The Balaban J connectivity index is 3.00. The fourth-order valence-corrected chi connectivity index (χ4v) is 1.88. The third-order valence-corrected chi connectivity index (χ3v) is 2.56. The summed E-state index contributed by atoms with van der Waals surface area (Å²) in [6.45, 7) is 4.98. The number of hydrogen-bond acceptors (Lipinski definition) is 2. The number of rotatable bonds is 4. The van der Waals surface area contributed by atoms with Gasteiger partial charge in [0.15, 0.2) is 0 Å². The Kier molecular flexibility index (Phi) is 4.84. The summed E-state index contributed by atoms with van der Waals surface area (Å²) < 4.78 is 5.16. The molecule has 2 nitrogen and oxygen atoms in total. The quantitative estimate of drug-likeness (QED) is 0.599. The molecule has 0 aliphatic rings. The monoisotopic (exact) mass is 258 g/mol. The third kappa shape index (κ3) is 3.54. The van der Waals surface area contributed by atoms with Gasteiger partial charge in [0.1, 0.15) is 6.10 Å². The first-order valence-electron chi connectivity index (χ1n) is 4.77. The first kappa shape index (κ1) is 13.1. The van der Waals surface area contributed by atoms with Crippen LogP contribution in [0.4, 0.5) is 0 Å². The molecule has 0 aromatic heterocycles. The highest BCUT2D eigenvalue weighted by atomic mass is 35.5. The van der Waals surface area contributed by atoms with Crippen molar-refractivity contribution in [2.75, 3.05) is 0 Å². The van der Waals surface area contributed by atoms with Crippen LogP contribution in [-0.2, 0) is 9.53 Å². The largest absolute Gasteiger partial charge is 0.457 e. The summed E-state index contributed by atoms with van der Waals surface area (Å²) in [5, 5.41) is 1.04. The molecule has 1 rings (SSSR count). The van der Waals surface area contributed by atoms with Crippen LogP contribution in [0.2, 0.25) is 10.0 Å². The zero-order valence-electron chi connectivity index (χ0n) is 8.87. The van der Waals surface area contributed by atoms with Gasteiger partial charge in [-0.15, -0.1) is 6.58 Å². The summed E-state index contributed by atoms with van der Waals surface area (Å²) >= 11 is 11.8. The minimum absolute atomic E-state index is 0.349. The van der Waals surface area contributed by atoms with Crippen LogP contribution in [0.5, 0.6) is 0 Å². The number of hydrogen-bond donors (Lipinski definition) is 0. The molecule has 1 aromatic rings. The van der Waals surface area contributed by atoms with Crippen molar-refractivity contribution in [2.24, 2.45) is 0 Å². The van der Waals surface area contributed by atoms with Crippen molar-refractivity contribution in [3.8, 4) is 0 Å². The first-order valence-corrected chi connectivity index (χ1v) is 5.53. The molecule has 1 unspecified atom stereocenters. The average molecular weight is 259 g/mol. The smallest absolute Gasteiger partial charge is 0.303 e. The lowest BCUT2D eigenvalue weighted by molar-refractivity contribution is -0.146. The molecule has 16 heavy (non-hydrogen) atoms. The van der Waals surface area contributed by atoms with Gasteiger partial charge in [0.2, 0.25) is 0 Å². The predicted molar refractivity (Wildman–Crippen MR) is 65.8 cm³/mol. The topological polar surface area (TPSA) is 26.3 Å². The lowest BCUT2D eigenvalue weighted by Crippen LogP contribution is -2.08. The Morgan fingerprint density at radius 3 is 2.75 bits per heavy atom. The standard InChI is InChI=1S/C12H12Cl2O2/c1-3-4-12(16-8(2)15)10-6-5-9(13)7-11(10)14/h3,5-7,12H,1,4H2,2H3. The molecule has 0 saturated heterocycles. The lowest BCUT2D eigenvalue weighted by atomic mass is 10.1. The van der Waals surface area contributed by atoms with Crippen LogP contribution < -0.4 is 0 Å². The van der Waals surface area contributed by atoms with E-state index in [1.165, 1.54) is 6.92 Å². The molecule has 86 valence electrons. The number of esters is 1. The van der Waals surface area contributed by atoms with Gasteiger partial charge >= 0.3 is 5.97 Å². The van der Waals surface area contributed by atoms with Gasteiger partial charge in [-0.3, -0.25) is 4.79 Å². The van der Waals surface area contributed by atoms with E-state index in [0.29, 0.717) is 16.5 Å². The Labute approximate surface area is 105 Å². The molecule has 1 atom stereocenters. The van der Waals surface area contributed by atoms with Crippen molar-refractivity contribution in [1.29, 1.82) is 0 Å². The molecule has 4 heteroatoms. The summed E-state index contributed by atoms with van der Waals surface area (Å²) in [7, 11) is 0. The fraction of sp³-hybridized carbons (Fsp3) is 0.250. The molecule has 0 aliphatic heterocycles. The molecule has 0 fully saturated rings. The van der Waals surface area contributed by atoms with Crippen LogP contribution in [0.3, 0.4) is 0 Å². The number of carbonyl (C=O) groups is 1. The van der Waals surface area contributed by atoms with Crippen LogP contribution in [-0.4, -0.2) is 5.97 Å². The van der Waals surface area contributed by atoms with Gasteiger partial charge in [-0.05, 0) is 12.1 Å². The molecule has 0 heterocycles. The second kappa shape index (κ2) is 5.92. The van der Waals surface area contributed by atoms with E-state index in [-0.39, 0.29) is 5.97 Å². The van der Waals surface area contributed by atoms with Crippen molar-refractivity contribution < 1.29 is 9.53 Å². The lowest BCUT2D eigenvalue weighted by Gasteiger charge is -2.17. The molecule has 0 aliphatic carbocycles. The molecular weight excluding hydrogens is 247 g/mol. The highest BCUT2D eigenvalue weighted by Gasteiger charge is 2.16. The Morgan fingerprint density at radius 2 is 2.25 bits per heavy atom. The highest BCUT2D eigenvalue weighted by molar-refractivity contribution is 6.35. The molecule has 0 N–H and O–H groups in total. The summed E-state index contributed by atoms with van der Waals surface area (Å²) in [6.07, 6.45) is 1.79. The number of ether oxygens (including phenoxy) is 1. The second-order valence-corrected chi connectivity index (χ2v) is 4.13. The molecule has 0 amide bonds. The molecule has 0 radical (unpaired) electrons.